The topological polar surface area (TPSA) is 55.1 Å². The monoisotopic (exact) mass is 286 g/mol. The van der Waals surface area contributed by atoms with Crippen molar-refractivity contribution in [1.29, 1.82) is 0 Å². The maximum absolute atomic E-state index is 12.1. The Morgan fingerprint density at radius 2 is 2.00 bits per heavy atom. The third-order valence-corrected chi connectivity index (χ3v) is 3.86. The molecule has 0 aliphatic heterocycles. The van der Waals surface area contributed by atoms with Crippen LogP contribution in [0.15, 0.2) is 18.2 Å². The molecule has 5 heteroatoms. The number of carbonyl (C=O) groups excluding carboxylic acids is 1. The Labute approximate surface area is 117 Å². The second kappa shape index (κ2) is 5.91. The number of nitrogens with two attached hydrogens (primary N) is 1. The van der Waals surface area contributed by atoms with Crippen LogP contribution < -0.4 is 11.1 Å². The molecule has 1 amide bonds. The number of hydrogen-bond acceptors (Lipinski definition) is 2. The first-order valence-corrected chi connectivity index (χ1v) is 6.85. The van der Waals surface area contributed by atoms with Crippen LogP contribution in [0.3, 0.4) is 0 Å². The van der Waals surface area contributed by atoms with E-state index in [1.54, 1.807) is 18.2 Å². The van der Waals surface area contributed by atoms with Gasteiger partial charge in [0.1, 0.15) is 0 Å². The molecule has 0 radical (unpaired) electrons. The van der Waals surface area contributed by atoms with Gasteiger partial charge in [-0.1, -0.05) is 36.0 Å². The van der Waals surface area contributed by atoms with E-state index in [4.69, 9.17) is 28.9 Å². The molecule has 0 aromatic heterocycles. The predicted molar refractivity (Wildman–Crippen MR) is 74.2 cm³/mol. The lowest BCUT2D eigenvalue weighted by atomic mass is 9.91. The first kappa shape index (κ1) is 13.7. The molecule has 1 aliphatic rings. The van der Waals surface area contributed by atoms with E-state index < -0.39 is 0 Å². The summed E-state index contributed by atoms with van der Waals surface area (Å²) in [6, 6.07) is 4.93. The highest BCUT2D eigenvalue weighted by Crippen LogP contribution is 2.22. The fraction of sp³-hybridized carbons (Fsp3) is 0.462. The molecule has 3 nitrogen and oxygen atoms in total. The average Bonchev–Trinajstić information content (AvgIpc) is 2.32. The molecule has 0 saturated heterocycles. The Morgan fingerprint density at radius 3 is 2.67 bits per heavy atom. The average molecular weight is 287 g/mol. The second-order valence-electron chi connectivity index (χ2n) is 4.65. The molecule has 2 rings (SSSR count). The third kappa shape index (κ3) is 3.16. The van der Waals surface area contributed by atoms with E-state index >= 15 is 0 Å². The zero-order valence-electron chi connectivity index (χ0n) is 9.96. The Hall–Kier alpha value is -0.770. The summed E-state index contributed by atoms with van der Waals surface area (Å²) < 4.78 is 0. The summed E-state index contributed by atoms with van der Waals surface area (Å²) in [4.78, 5) is 12.1. The fourth-order valence-corrected chi connectivity index (χ4v) is 2.75. The van der Waals surface area contributed by atoms with Gasteiger partial charge in [-0.15, -0.1) is 0 Å². The summed E-state index contributed by atoms with van der Waals surface area (Å²) in [5.41, 5.74) is 6.44. The predicted octanol–water partition coefficient (Wildman–Crippen LogP) is 2.99. The lowest BCUT2D eigenvalue weighted by Crippen LogP contribution is -2.49. The van der Waals surface area contributed by atoms with Gasteiger partial charge in [0.2, 0.25) is 0 Å². The number of rotatable bonds is 2. The largest absolute Gasteiger partial charge is 0.348 e. The minimum Gasteiger partial charge on any atom is -0.348 e. The van der Waals surface area contributed by atoms with Crippen molar-refractivity contribution in [1.82, 2.24) is 5.32 Å². The maximum Gasteiger partial charge on any atom is 0.253 e. The fourth-order valence-electron chi connectivity index (χ4n) is 2.26. The van der Waals surface area contributed by atoms with E-state index in [0.717, 1.165) is 25.7 Å². The van der Waals surface area contributed by atoms with Gasteiger partial charge in [0.25, 0.3) is 5.91 Å². The summed E-state index contributed by atoms with van der Waals surface area (Å²) in [5, 5.41) is 3.84. The van der Waals surface area contributed by atoms with Gasteiger partial charge < -0.3 is 11.1 Å². The molecule has 1 aromatic carbocycles. The van der Waals surface area contributed by atoms with Crippen molar-refractivity contribution < 1.29 is 4.79 Å². The number of carbonyl (C=O) groups is 1. The zero-order chi connectivity index (χ0) is 13.1. The van der Waals surface area contributed by atoms with E-state index in [1.807, 2.05) is 0 Å². The van der Waals surface area contributed by atoms with Crippen LogP contribution in [0.4, 0.5) is 0 Å². The van der Waals surface area contributed by atoms with Gasteiger partial charge in [-0.3, -0.25) is 4.79 Å². The Bertz CT molecular complexity index is 451. The number of hydrogen-bond donors (Lipinski definition) is 2. The first-order valence-electron chi connectivity index (χ1n) is 6.09. The summed E-state index contributed by atoms with van der Waals surface area (Å²) in [7, 11) is 0. The van der Waals surface area contributed by atoms with Gasteiger partial charge in [-0.2, -0.15) is 0 Å². The highest BCUT2D eigenvalue weighted by molar-refractivity contribution is 6.36. The highest BCUT2D eigenvalue weighted by atomic mass is 35.5. The van der Waals surface area contributed by atoms with Crippen LogP contribution in [0.2, 0.25) is 10.0 Å². The maximum atomic E-state index is 12.1. The summed E-state index contributed by atoms with van der Waals surface area (Å²) in [6.07, 6.45) is 4.12. The first-order chi connectivity index (χ1) is 8.58. The zero-order valence-corrected chi connectivity index (χ0v) is 11.5. The molecule has 98 valence electrons. The van der Waals surface area contributed by atoms with Gasteiger partial charge in [0.15, 0.2) is 0 Å². The van der Waals surface area contributed by atoms with Crippen LogP contribution in [0.25, 0.3) is 0 Å². The molecule has 0 unspecified atom stereocenters. The smallest absolute Gasteiger partial charge is 0.253 e. The molecule has 3 N–H and O–H groups in total. The molecule has 0 heterocycles. The van der Waals surface area contributed by atoms with Crippen LogP contribution in [0.1, 0.15) is 36.0 Å². The quantitative estimate of drug-likeness (QED) is 0.878. The van der Waals surface area contributed by atoms with Gasteiger partial charge in [-0.05, 0) is 31.0 Å². The minimum atomic E-state index is -0.181. The van der Waals surface area contributed by atoms with E-state index in [0.29, 0.717) is 15.6 Å². The molecule has 0 spiro atoms. The normalized spacial score (nSPS) is 23.7. The molecular weight excluding hydrogens is 271 g/mol. The van der Waals surface area contributed by atoms with E-state index in [9.17, 15) is 4.79 Å². The van der Waals surface area contributed by atoms with Crippen LogP contribution in [0, 0.1) is 0 Å². The molecule has 1 aromatic rings. The van der Waals surface area contributed by atoms with Crippen molar-refractivity contribution in [2.75, 3.05) is 0 Å². The van der Waals surface area contributed by atoms with Crippen LogP contribution in [0.5, 0.6) is 0 Å². The number of benzene rings is 1. The van der Waals surface area contributed by atoms with Crippen LogP contribution in [-0.2, 0) is 0 Å². The van der Waals surface area contributed by atoms with Crippen molar-refractivity contribution in [2.45, 2.75) is 37.8 Å². The molecule has 1 aliphatic carbocycles. The number of halogens is 2. The number of amides is 1. The van der Waals surface area contributed by atoms with Crippen molar-refractivity contribution in [2.24, 2.45) is 5.73 Å². The molecular formula is C13H16Cl2N2O. The van der Waals surface area contributed by atoms with Crippen molar-refractivity contribution >= 4 is 29.1 Å². The molecule has 1 fully saturated rings. The van der Waals surface area contributed by atoms with Crippen LogP contribution >= 0.6 is 23.2 Å². The van der Waals surface area contributed by atoms with E-state index in [1.165, 1.54) is 0 Å². The third-order valence-electron chi connectivity index (χ3n) is 3.31. The molecule has 1 saturated carbocycles. The summed E-state index contributed by atoms with van der Waals surface area (Å²) >= 11 is 11.8. The van der Waals surface area contributed by atoms with Gasteiger partial charge in [0.05, 0.1) is 10.6 Å². The lowest BCUT2D eigenvalue weighted by molar-refractivity contribution is 0.0921. The van der Waals surface area contributed by atoms with Gasteiger partial charge in [0, 0.05) is 17.1 Å². The molecule has 2 atom stereocenters. The highest BCUT2D eigenvalue weighted by Gasteiger charge is 2.24. The van der Waals surface area contributed by atoms with E-state index in [2.05, 4.69) is 5.32 Å². The van der Waals surface area contributed by atoms with Crippen molar-refractivity contribution in [3.8, 4) is 0 Å². The van der Waals surface area contributed by atoms with Gasteiger partial charge >= 0.3 is 0 Å². The summed E-state index contributed by atoms with van der Waals surface area (Å²) in [5.74, 6) is -0.181. The Kier molecular flexibility index (Phi) is 4.49. The standard InChI is InChI=1S/C13H16Cl2N2O/c14-8-5-6-9(10(15)7-8)13(18)17-12-4-2-1-3-11(12)16/h5-7,11-12H,1-4,16H2,(H,17,18)/t11-,12-/m1/s1. The Balaban J connectivity index is 2.07. The molecule has 0 bridgehead atoms. The van der Waals surface area contributed by atoms with Crippen LogP contribution in [-0.4, -0.2) is 18.0 Å². The van der Waals surface area contributed by atoms with Crippen molar-refractivity contribution in [3.63, 3.8) is 0 Å². The minimum absolute atomic E-state index is 0.0359. The number of nitrogens with one attached hydrogen (secondary N) is 1. The molecule has 18 heavy (non-hydrogen) atoms. The SMILES string of the molecule is N[C@@H]1CCCC[C@H]1NC(=O)c1ccc(Cl)cc1Cl. The Morgan fingerprint density at radius 1 is 1.28 bits per heavy atom. The lowest BCUT2D eigenvalue weighted by Gasteiger charge is -2.29. The summed E-state index contributed by atoms with van der Waals surface area (Å²) in [6.45, 7) is 0. The van der Waals surface area contributed by atoms with Crippen molar-refractivity contribution in [3.05, 3.63) is 33.8 Å². The van der Waals surface area contributed by atoms with E-state index in [-0.39, 0.29) is 18.0 Å². The second-order valence-corrected chi connectivity index (χ2v) is 5.50. The van der Waals surface area contributed by atoms with Gasteiger partial charge in [-0.25, -0.2) is 0 Å².